The number of hydrogen-bond donors (Lipinski definition) is 0. The number of hydrogen-bond acceptors (Lipinski definition) is 2. The van der Waals surface area contributed by atoms with Crippen molar-refractivity contribution in [3.05, 3.63) is 52.3 Å². The van der Waals surface area contributed by atoms with Crippen molar-refractivity contribution in [1.29, 1.82) is 0 Å². The van der Waals surface area contributed by atoms with Crippen molar-refractivity contribution in [2.45, 2.75) is 12.8 Å². The van der Waals surface area contributed by atoms with Crippen LogP contribution in [0.2, 0.25) is 0 Å². The molecule has 0 spiro atoms. The van der Waals surface area contributed by atoms with E-state index in [-0.39, 0.29) is 0 Å². The fourth-order valence-electron chi connectivity index (χ4n) is 2.38. The van der Waals surface area contributed by atoms with E-state index in [1.54, 1.807) is 7.11 Å². The topological polar surface area (TPSA) is 27.1 Å². The summed E-state index contributed by atoms with van der Waals surface area (Å²) in [6.45, 7) is 2.07. The molecule has 5 heteroatoms. The Kier molecular flexibility index (Phi) is 3.91. The Labute approximate surface area is 136 Å². The molecule has 0 bridgehead atoms. The lowest BCUT2D eigenvalue weighted by Crippen LogP contribution is -2.01. The molecule has 108 valence electrons. The number of fused-ring (bicyclic) bond motifs is 1. The predicted octanol–water partition coefficient (Wildman–Crippen LogP) is 4.84. The predicted molar refractivity (Wildman–Crippen MR) is 89.6 cm³/mol. The van der Waals surface area contributed by atoms with E-state index in [1.807, 2.05) is 24.3 Å². The van der Waals surface area contributed by atoms with Crippen LogP contribution in [0.15, 0.2) is 40.9 Å². The molecule has 0 amide bonds. The minimum atomic E-state index is 0.345. The SMILES string of the molecule is COc1ccc2nc(CCl)n(-c3cc(C)ccc3Br)c2c1. The van der Waals surface area contributed by atoms with Crippen molar-refractivity contribution in [3.63, 3.8) is 0 Å². The maximum Gasteiger partial charge on any atom is 0.129 e. The second-order valence-electron chi connectivity index (χ2n) is 4.81. The molecule has 0 radical (unpaired) electrons. The van der Waals surface area contributed by atoms with Gasteiger partial charge in [-0.2, -0.15) is 0 Å². The number of methoxy groups -OCH3 is 1. The number of aromatic nitrogens is 2. The first-order valence-corrected chi connectivity index (χ1v) is 7.84. The van der Waals surface area contributed by atoms with Crippen molar-refractivity contribution in [2.24, 2.45) is 0 Å². The van der Waals surface area contributed by atoms with E-state index in [4.69, 9.17) is 16.3 Å². The summed E-state index contributed by atoms with van der Waals surface area (Å²) in [5.41, 5.74) is 4.09. The van der Waals surface area contributed by atoms with E-state index >= 15 is 0 Å². The Morgan fingerprint density at radius 3 is 2.76 bits per heavy atom. The normalized spacial score (nSPS) is 11.0. The molecule has 1 heterocycles. The Morgan fingerprint density at radius 2 is 2.05 bits per heavy atom. The first-order chi connectivity index (χ1) is 10.1. The first-order valence-electron chi connectivity index (χ1n) is 6.52. The number of halogens is 2. The van der Waals surface area contributed by atoms with Gasteiger partial charge in [-0.15, -0.1) is 11.6 Å². The van der Waals surface area contributed by atoms with E-state index in [9.17, 15) is 0 Å². The molecule has 0 fully saturated rings. The zero-order valence-electron chi connectivity index (χ0n) is 11.7. The van der Waals surface area contributed by atoms with Crippen LogP contribution in [0.5, 0.6) is 5.75 Å². The first kappa shape index (κ1) is 14.4. The summed E-state index contributed by atoms with van der Waals surface area (Å²) in [6.07, 6.45) is 0. The number of imidazole rings is 1. The highest BCUT2D eigenvalue weighted by atomic mass is 79.9. The highest BCUT2D eigenvalue weighted by Crippen LogP contribution is 2.30. The fourth-order valence-corrected chi connectivity index (χ4v) is 2.99. The van der Waals surface area contributed by atoms with Gasteiger partial charge in [0.15, 0.2) is 0 Å². The fraction of sp³-hybridized carbons (Fsp3) is 0.188. The lowest BCUT2D eigenvalue weighted by atomic mass is 10.2. The van der Waals surface area contributed by atoms with Crippen molar-refractivity contribution in [2.75, 3.05) is 7.11 Å². The van der Waals surface area contributed by atoms with E-state index in [2.05, 4.69) is 44.5 Å². The molecular weight excluding hydrogens is 352 g/mol. The summed E-state index contributed by atoms with van der Waals surface area (Å²) in [5.74, 6) is 1.96. The second-order valence-corrected chi connectivity index (χ2v) is 5.93. The molecule has 2 aromatic carbocycles. The van der Waals surface area contributed by atoms with Crippen LogP contribution in [0.3, 0.4) is 0 Å². The van der Waals surface area contributed by atoms with Gasteiger partial charge in [-0.1, -0.05) is 6.07 Å². The van der Waals surface area contributed by atoms with Crippen LogP contribution in [0, 0.1) is 6.92 Å². The second kappa shape index (κ2) is 5.70. The van der Waals surface area contributed by atoms with Crippen LogP contribution in [-0.2, 0) is 5.88 Å². The summed E-state index contributed by atoms with van der Waals surface area (Å²) < 4.78 is 8.40. The molecule has 0 unspecified atom stereocenters. The molecule has 3 nitrogen and oxygen atoms in total. The van der Waals surface area contributed by atoms with Crippen LogP contribution >= 0.6 is 27.5 Å². The van der Waals surface area contributed by atoms with Gasteiger partial charge in [0, 0.05) is 10.5 Å². The number of aryl methyl sites for hydroxylation is 1. The van der Waals surface area contributed by atoms with Crippen LogP contribution < -0.4 is 4.74 Å². The maximum atomic E-state index is 6.09. The molecular formula is C16H14BrClN2O. The lowest BCUT2D eigenvalue weighted by molar-refractivity contribution is 0.415. The van der Waals surface area contributed by atoms with Gasteiger partial charge in [0.1, 0.15) is 11.6 Å². The Balaban J connectivity index is 2.36. The highest BCUT2D eigenvalue weighted by Gasteiger charge is 2.14. The smallest absolute Gasteiger partial charge is 0.129 e. The van der Waals surface area contributed by atoms with Crippen molar-refractivity contribution in [3.8, 4) is 11.4 Å². The molecule has 0 N–H and O–H groups in total. The number of alkyl halides is 1. The maximum absolute atomic E-state index is 6.09. The molecule has 21 heavy (non-hydrogen) atoms. The molecule has 0 aliphatic heterocycles. The molecule has 0 saturated heterocycles. The van der Waals surface area contributed by atoms with Crippen molar-refractivity contribution >= 4 is 38.6 Å². The van der Waals surface area contributed by atoms with E-state index in [0.717, 1.165) is 32.8 Å². The average molecular weight is 366 g/mol. The van der Waals surface area contributed by atoms with Crippen LogP contribution in [0.4, 0.5) is 0 Å². The monoisotopic (exact) mass is 364 g/mol. The van der Waals surface area contributed by atoms with Crippen molar-refractivity contribution < 1.29 is 4.74 Å². The molecule has 0 saturated carbocycles. The van der Waals surface area contributed by atoms with Crippen LogP contribution in [0.25, 0.3) is 16.7 Å². The Bertz CT molecular complexity index is 813. The van der Waals surface area contributed by atoms with Gasteiger partial charge in [-0.05, 0) is 52.7 Å². The van der Waals surface area contributed by atoms with Gasteiger partial charge in [0.2, 0.25) is 0 Å². The molecule has 3 aromatic rings. The molecule has 1 aromatic heterocycles. The van der Waals surface area contributed by atoms with Gasteiger partial charge in [0.25, 0.3) is 0 Å². The minimum Gasteiger partial charge on any atom is -0.497 e. The molecule has 3 rings (SSSR count). The summed E-state index contributed by atoms with van der Waals surface area (Å²) in [6, 6.07) is 12.0. The zero-order valence-corrected chi connectivity index (χ0v) is 14.1. The number of rotatable bonds is 3. The molecule has 0 atom stereocenters. The third-order valence-corrected chi connectivity index (χ3v) is 4.30. The zero-order chi connectivity index (χ0) is 15.0. The van der Waals surface area contributed by atoms with Crippen LogP contribution in [-0.4, -0.2) is 16.7 Å². The molecule has 0 aliphatic carbocycles. The average Bonchev–Trinajstić information content (AvgIpc) is 2.87. The molecule has 0 aliphatic rings. The van der Waals surface area contributed by atoms with Gasteiger partial charge < -0.3 is 4.74 Å². The lowest BCUT2D eigenvalue weighted by Gasteiger charge is -2.11. The Morgan fingerprint density at radius 1 is 1.24 bits per heavy atom. The summed E-state index contributed by atoms with van der Waals surface area (Å²) in [5, 5.41) is 0. The number of benzene rings is 2. The minimum absolute atomic E-state index is 0.345. The summed E-state index contributed by atoms with van der Waals surface area (Å²) >= 11 is 9.70. The van der Waals surface area contributed by atoms with Gasteiger partial charge in [-0.3, -0.25) is 4.57 Å². The summed E-state index contributed by atoms with van der Waals surface area (Å²) in [4.78, 5) is 4.61. The van der Waals surface area contributed by atoms with Gasteiger partial charge >= 0.3 is 0 Å². The standard InChI is InChI=1S/C16H14BrClN2O/c1-10-3-5-12(17)14(7-10)20-15-8-11(21-2)4-6-13(15)19-16(20)9-18/h3-8H,9H2,1-2H3. The quantitative estimate of drug-likeness (QED) is 0.621. The summed E-state index contributed by atoms with van der Waals surface area (Å²) in [7, 11) is 1.66. The van der Waals surface area contributed by atoms with Crippen LogP contribution in [0.1, 0.15) is 11.4 Å². The Hall–Kier alpha value is -1.52. The van der Waals surface area contributed by atoms with Gasteiger partial charge in [-0.25, -0.2) is 4.98 Å². The number of ether oxygens (including phenoxy) is 1. The van der Waals surface area contributed by atoms with Gasteiger partial charge in [0.05, 0.1) is 29.7 Å². The van der Waals surface area contributed by atoms with E-state index in [1.165, 1.54) is 5.56 Å². The van der Waals surface area contributed by atoms with E-state index in [0.29, 0.717) is 5.88 Å². The third-order valence-electron chi connectivity index (χ3n) is 3.39. The van der Waals surface area contributed by atoms with Crippen molar-refractivity contribution in [1.82, 2.24) is 9.55 Å². The third kappa shape index (κ3) is 2.54. The highest BCUT2D eigenvalue weighted by molar-refractivity contribution is 9.10. The largest absolute Gasteiger partial charge is 0.497 e. The van der Waals surface area contributed by atoms with E-state index < -0.39 is 0 Å². The number of nitrogens with zero attached hydrogens (tertiary/aromatic N) is 2.